The van der Waals surface area contributed by atoms with Crippen LogP contribution in [0, 0.1) is 11.8 Å². The van der Waals surface area contributed by atoms with E-state index in [2.05, 4.69) is 27.8 Å². The van der Waals surface area contributed by atoms with Crippen LogP contribution in [0.25, 0.3) is 0 Å². The molecule has 1 N–H and O–H groups in total. The van der Waals surface area contributed by atoms with E-state index < -0.39 is 5.97 Å². The van der Waals surface area contributed by atoms with Gasteiger partial charge in [0.05, 0.1) is 18.0 Å². The van der Waals surface area contributed by atoms with E-state index in [9.17, 15) is 4.79 Å². The van der Waals surface area contributed by atoms with Gasteiger partial charge in [0, 0.05) is 5.56 Å². The Morgan fingerprint density at radius 3 is 2.80 bits per heavy atom. The van der Waals surface area contributed by atoms with Crippen molar-refractivity contribution in [3.8, 4) is 17.6 Å². The number of carboxylic acids is 1. The van der Waals surface area contributed by atoms with E-state index >= 15 is 0 Å². The smallest absolute Gasteiger partial charge is 0.335 e. The van der Waals surface area contributed by atoms with Gasteiger partial charge in [0.2, 0.25) is 0 Å². The summed E-state index contributed by atoms with van der Waals surface area (Å²) in [5.41, 5.74) is 0.805. The number of methoxy groups -OCH3 is 1. The number of aromatic carboxylic acids is 1. The van der Waals surface area contributed by atoms with E-state index in [1.807, 2.05) is 0 Å². The van der Waals surface area contributed by atoms with Crippen LogP contribution in [0.1, 0.15) is 15.9 Å². The molecule has 0 unspecified atom stereocenters. The molecule has 15 heavy (non-hydrogen) atoms. The highest BCUT2D eigenvalue weighted by Crippen LogP contribution is 2.16. The zero-order valence-electron chi connectivity index (χ0n) is 8.08. The Morgan fingerprint density at radius 1 is 1.53 bits per heavy atom. The molecule has 1 rings (SSSR count). The van der Waals surface area contributed by atoms with Gasteiger partial charge in [0.25, 0.3) is 0 Å². The normalized spacial score (nSPS) is 8.93. The molecule has 0 amide bonds. The maximum Gasteiger partial charge on any atom is 0.335 e. The molecule has 0 radical (unpaired) electrons. The SMILES string of the molecule is COc1cc(C#CCBr)cc(C(=O)O)c1. The Labute approximate surface area is 96.2 Å². The summed E-state index contributed by atoms with van der Waals surface area (Å²) >= 11 is 3.17. The van der Waals surface area contributed by atoms with Crippen molar-refractivity contribution in [1.82, 2.24) is 0 Å². The molecule has 0 heterocycles. The molecule has 0 spiro atoms. The number of carboxylic acid groups (broad SMARTS) is 1. The summed E-state index contributed by atoms with van der Waals surface area (Å²) in [6.07, 6.45) is 0. The number of benzene rings is 1. The van der Waals surface area contributed by atoms with Crippen molar-refractivity contribution in [2.24, 2.45) is 0 Å². The van der Waals surface area contributed by atoms with Crippen LogP contribution >= 0.6 is 15.9 Å². The summed E-state index contributed by atoms with van der Waals surface area (Å²) in [4.78, 5) is 10.8. The zero-order valence-corrected chi connectivity index (χ0v) is 9.67. The first-order chi connectivity index (χ1) is 7.17. The number of carbonyl (C=O) groups is 1. The van der Waals surface area contributed by atoms with E-state index in [1.165, 1.54) is 19.2 Å². The van der Waals surface area contributed by atoms with Crippen LogP contribution in [-0.2, 0) is 0 Å². The van der Waals surface area contributed by atoms with E-state index in [-0.39, 0.29) is 5.56 Å². The highest BCUT2D eigenvalue weighted by Gasteiger charge is 2.05. The van der Waals surface area contributed by atoms with Crippen LogP contribution < -0.4 is 4.74 Å². The lowest BCUT2D eigenvalue weighted by atomic mass is 10.1. The van der Waals surface area contributed by atoms with Gasteiger partial charge in [-0.3, -0.25) is 0 Å². The van der Waals surface area contributed by atoms with Gasteiger partial charge in [-0.25, -0.2) is 4.79 Å². The molecular formula is C11H9BrO3. The van der Waals surface area contributed by atoms with Crippen LogP contribution in [0.2, 0.25) is 0 Å². The van der Waals surface area contributed by atoms with Crippen LogP contribution in [0.3, 0.4) is 0 Å². The van der Waals surface area contributed by atoms with Crippen molar-refractivity contribution in [2.75, 3.05) is 12.4 Å². The molecular weight excluding hydrogens is 260 g/mol. The molecule has 0 atom stereocenters. The van der Waals surface area contributed by atoms with Gasteiger partial charge < -0.3 is 9.84 Å². The van der Waals surface area contributed by atoms with Gasteiger partial charge >= 0.3 is 5.97 Å². The molecule has 1 aromatic rings. The van der Waals surface area contributed by atoms with Crippen LogP contribution in [0.15, 0.2) is 18.2 Å². The minimum Gasteiger partial charge on any atom is -0.497 e. The Bertz CT molecular complexity index is 429. The highest BCUT2D eigenvalue weighted by atomic mass is 79.9. The molecule has 0 bridgehead atoms. The lowest BCUT2D eigenvalue weighted by molar-refractivity contribution is 0.0696. The highest BCUT2D eigenvalue weighted by molar-refractivity contribution is 9.09. The minimum absolute atomic E-state index is 0.174. The summed E-state index contributed by atoms with van der Waals surface area (Å²) < 4.78 is 4.98. The number of hydrogen-bond donors (Lipinski definition) is 1. The van der Waals surface area contributed by atoms with Gasteiger partial charge in [-0.2, -0.15) is 0 Å². The zero-order chi connectivity index (χ0) is 11.3. The molecule has 1 aromatic carbocycles. The van der Waals surface area contributed by atoms with E-state index in [1.54, 1.807) is 6.07 Å². The third-order valence-corrected chi connectivity index (χ3v) is 1.97. The monoisotopic (exact) mass is 268 g/mol. The van der Waals surface area contributed by atoms with E-state index in [4.69, 9.17) is 9.84 Å². The first-order valence-electron chi connectivity index (χ1n) is 4.14. The van der Waals surface area contributed by atoms with Crippen LogP contribution in [0.4, 0.5) is 0 Å². The fourth-order valence-corrected chi connectivity index (χ4v) is 1.19. The standard InChI is InChI=1S/C11H9BrO3/c1-15-10-6-8(3-2-4-12)5-9(7-10)11(13)14/h5-7H,4H2,1H3,(H,13,14). The van der Waals surface area contributed by atoms with Gasteiger partial charge in [-0.1, -0.05) is 27.8 Å². The third kappa shape index (κ3) is 3.30. The summed E-state index contributed by atoms with van der Waals surface area (Å²) in [5, 5.41) is 9.39. The first-order valence-corrected chi connectivity index (χ1v) is 5.26. The second-order valence-corrected chi connectivity index (χ2v) is 3.25. The van der Waals surface area contributed by atoms with Crippen LogP contribution in [-0.4, -0.2) is 23.5 Å². The van der Waals surface area contributed by atoms with Crippen molar-refractivity contribution in [3.63, 3.8) is 0 Å². The Kier molecular flexibility index (Phi) is 4.19. The number of alkyl halides is 1. The molecule has 0 saturated heterocycles. The molecule has 3 nitrogen and oxygen atoms in total. The first kappa shape index (κ1) is 11.6. The Balaban J connectivity index is 3.17. The molecule has 0 aromatic heterocycles. The molecule has 0 saturated carbocycles. The average molecular weight is 269 g/mol. The van der Waals surface area contributed by atoms with Gasteiger partial charge in [0.1, 0.15) is 5.75 Å². The van der Waals surface area contributed by atoms with E-state index in [0.717, 1.165) is 0 Å². The molecule has 0 aliphatic heterocycles. The molecule has 0 fully saturated rings. The largest absolute Gasteiger partial charge is 0.497 e. The predicted octanol–water partition coefficient (Wildman–Crippen LogP) is 2.14. The van der Waals surface area contributed by atoms with Crippen molar-refractivity contribution in [1.29, 1.82) is 0 Å². The lowest BCUT2D eigenvalue weighted by Crippen LogP contribution is -1.98. The molecule has 0 aliphatic carbocycles. The van der Waals surface area contributed by atoms with Gasteiger partial charge in [-0.05, 0) is 18.2 Å². The van der Waals surface area contributed by atoms with Crippen molar-refractivity contribution >= 4 is 21.9 Å². The van der Waals surface area contributed by atoms with Crippen molar-refractivity contribution < 1.29 is 14.6 Å². The van der Waals surface area contributed by atoms with Crippen molar-refractivity contribution in [3.05, 3.63) is 29.3 Å². The second kappa shape index (κ2) is 5.42. The number of halogens is 1. The third-order valence-electron chi connectivity index (χ3n) is 1.69. The maximum absolute atomic E-state index is 10.8. The summed E-state index contributed by atoms with van der Waals surface area (Å²) in [5.74, 6) is 5.13. The molecule has 4 heteroatoms. The summed E-state index contributed by atoms with van der Waals surface area (Å²) in [7, 11) is 1.49. The Hall–Kier alpha value is -1.47. The molecule has 78 valence electrons. The van der Waals surface area contributed by atoms with Gasteiger partial charge in [0.15, 0.2) is 0 Å². The fraction of sp³-hybridized carbons (Fsp3) is 0.182. The summed E-state index contributed by atoms with van der Waals surface area (Å²) in [6.45, 7) is 0. The predicted molar refractivity (Wildman–Crippen MR) is 60.6 cm³/mol. The quantitative estimate of drug-likeness (QED) is 0.661. The lowest BCUT2D eigenvalue weighted by Gasteiger charge is -2.02. The number of ether oxygens (including phenoxy) is 1. The Morgan fingerprint density at radius 2 is 2.27 bits per heavy atom. The number of rotatable bonds is 2. The second-order valence-electron chi connectivity index (χ2n) is 2.69. The van der Waals surface area contributed by atoms with E-state index in [0.29, 0.717) is 16.6 Å². The van der Waals surface area contributed by atoms with Crippen molar-refractivity contribution in [2.45, 2.75) is 0 Å². The number of hydrogen-bond acceptors (Lipinski definition) is 2. The fourth-order valence-electron chi connectivity index (χ4n) is 1.05. The van der Waals surface area contributed by atoms with Gasteiger partial charge in [-0.15, -0.1) is 0 Å². The topological polar surface area (TPSA) is 46.5 Å². The average Bonchev–Trinajstić information content (AvgIpc) is 2.25. The maximum atomic E-state index is 10.8. The minimum atomic E-state index is -0.990. The summed E-state index contributed by atoms with van der Waals surface area (Å²) in [6, 6.07) is 4.67. The van der Waals surface area contributed by atoms with Crippen LogP contribution in [0.5, 0.6) is 5.75 Å². The molecule has 0 aliphatic rings.